The normalized spacial score (nSPS) is 27.0. The molecule has 1 atom stereocenters. The molecule has 0 amide bonds. The first kappa shape index (κ1) is 8.67. The van der Waals surface area contributed by atoms with Gasteiger partial charge in [-0.05, 0) is 43.4 Å². The van der Waals surface area contributed by atoms with Crippen LogP contribution in [0.25, 0.3) is 0 Å². The standard InChI is InChI=1S/C11H12F2/c1-11(13)7-3-4-8-9(11)5-2-6-10(8)12/h2,5-6H,3-4,7H2,1H3. The van der Waals surface area contributed by atoms with Crippen LogP contribution < -0.4 is 0 Å². The summed E-state index contributed by atoms with van der Waals surface area (Å²) in [5.74, 6) is -0.263. The first-order chi connectivity index (χ1) is 6.11. The van der Waals surface area contributed by atoms with Gasteiger partial charge < -0.3 is 0 Å². The van der Waals surface area contributed by atoms with Crippen LogP contribution >= 0.6 is 0 Å². The molecule has 0 heterocycles. The van der Waals surface area contributed by atoms with E-state index in [0.29, 0.717) is 24.0 Å². The molecule has 0 bridgehead atoms. The highest BCUT2D eigenvalue weighted by atomic mass is 19.1. The van der Waals surface area contributed by atoms with Gasteiger partial charge in [0.15, 0.2) is 0 Å². The van der Waals surface area contributed by atoms with E-state index < -0.39 is 5.67 Å². The second kappa shape index (κ2) is 2.79. The molecule has 2 heteroatoms. The van der Waals surface area contributed by atoms with E-state index in [1.165, 1.54) is 13.0 Å². The summed E-state index contributed by atoms with van der Waals surface area (Å²) in [4.78, 5) is 0. The Labute approximate surface area is 76.6 Å². The van der Waals surface area contributed by atoms with Crippen LogP contribution in [0.1, 0.15) is 30.9 Å². The molecule has 1 unspecified atom stereocenters. The minimum atomic E-state index is -1.34. The highest BCUT2D eigenvalue weighted by molar-refractivity contribution is 5.35. The maximum atomic E-state index is 13.9. The number of benzene rings is 1. The van der Waals surface area contributed by atoms with Crippen LogP contribution in [-0.4, -0.2) is 0 Å². The van der Waals surface area contributed by atoms with Gasteiger partial charge in [-0.25, -0.2) is 8.78 Å². The van der Waals surface area contributed by atoms with E-state index in [1.807, 2.05) is 0 Å². The predicted octanol–water partition coefficient (Wildman–Crippen LogP) is 3.35. The van der Waals surface area contributed by atoms with Crippen LogP contribution in [0.5, 0.6) is 0 Å². The van der Waals surface area contributed by atoms with Gasteiger partial charge in [-0.3, -0.25) is 0 Å². The van der Waals surface area contributed by atoms with E-state index in [2.05, 4.69) is 0 Å². The fourth-order valence-electron chi connectivity index (χ4n) is 2.03. The SMILES string of the molecule is CC1(F)CCCc2c(F)cccc21. The van der Waals surface area contributed by atoms with Gasteiger partial charge in [0, 0.05) is 0 Å². The Morgan fingerprint density at radius 2 is 2.15 bits per heavy atom. The van der Waals surface area contributed by atoms with Crippen LogP contribution in [0.2, 0.25) is 0 Å². The summed E-state index contributed by atoms with van der Waals surface area (Å²) in [5, 5.41) is 0. The zero-order valence-corrected chi connectivity index (χ0v) is 7.61. The van der Waals surface area contributed by atoms with Crippen molar-refractivity contribution in [2.75, 3.05) is 0 Å². The summed E-state index contributed by atoms with van der Waals surface area (Å²) in [5.41, 5.74) is -0.229. The van der Waals surface area contributed by atoms with Gasteiger partial charge in [0.05, 0.1) is 0 Å². The summed E-state index contributed by atoms with van der Waals surface area (Å²) < 4.78 is 27.1. The molecule has 0 fully saturated rings. The van der Waals surface area contributed by atoms with Gasteiger partial charge >= 0.3 is 0 Å². The Kier molecular flexibility index (Phi) is 1.86. The van der Waals surface area contributed by atoms with E-state index in [1.54, 1.807) is 12.1 Å². The van der Waals surface area contributed by atoms with Gasteiger partial charge in [0.1, 0.15) is 11.5 Å². The molecule has 0 nitrogen and oxygen atoms in total. The summed E-state index contributed by atoms with van der Waals surface area (Å²) in [6.07, 6.45) is 1.91. The molecule has 0 spiro atoms. The van der Waals surface area contributed by atoms with Crippen molar-refractivity contribution in [1.29, 1.82) is 0 Å². The maximum absolute atomic E-state index is 13.9. The molecule has 0 aliphatic heterocycles. The molecular weight excluding hydrogens is 170 g/mol. The fourth-order valence-corrected chi connectivity index (χ4v) is 2.03. The summed E-state index contributed by atoms with van der Waals surface area (Å²) >= 11 is 0. The first-order valence-corrected chi connectivity index (χ1v) is 4.58. The Bertz CT molecular complexity index is 329. The molecular formula is C11H12F2. The minimum absolute atomic E-state index is 0.263. The van der Waals surface area contributed by atoms with Gasteiger partial charge in [0.25, 0.3) is 0 Å². The minimum Gasteiger partial charge on any atom is -0.239 e. The Morgan fingerprint density at radius 3 is 2.85 bits per heavy atom. The van der Waals surface area contributed by atoms with Gasteiger partial charge in [0.2, 0.25) is 0 Å². The van der Waals surface area contributed by atoms with Gasteiger partial charge in [-0.1, -0.05) is 12.1 Å². The number of alkyl halides is 1. The quantitative estimate of drug-likeness (QED) is 0.577. The average Bonchev–Trinajstić information content (AvgIpc) is 2.06. The number of fused-ring (bicyclic) bond motifs is 1. The van der Waals surface area contributed by atoms with Crippen molar-refractivity contribution in [2.45, 2.75) is 31.9 Å². The molecule has 1 aliphatic carbocycles. The van der Waals surface area contributed by atoms with Crippen LogP contribution in [0.4, 0.5) is 8.78 Å². The lowest BCUT2D eigenvalue weighted by molar-refractivity contribution is 0.160. The van der Waals surface area contributed by atoms with E-state index in [-0.39, 0.29) is 5.82 Å². The number of rotatable bonds is 0. The van der Waals surface area contributed by atoms with Gasteiger partial charge in [-0.2, -0.15) is 0 Å². The molecule has 0 saturated heterocycles. The number of hydrogen-bond acceptors (Lipinski definition) is 0. The van der Waals surface area contributed by atoms with Crippen molar-refractivity contribution in [1.82, 2.24) is 0 Å². The van der Waals surface area contributed by atoms with E-state index >= 15 is 0 Å². The predicted molar refractivity (Wildman–Crippen MR) is 47.8 cm³/mol. The van der Waals surface area contributed by atoms with Crippen molar-refractivity contribution in [3.63, 3.8) is 0 Å². The zero-order valence-electron chi connectivity index (χ0n) is 7.61. The van der Waals surface area contributed by atoms with E-state index in [4.69, 9.17) is 0 Å². The Hall–Kier alpha value is -0.920. The third-order valence-corrected chi connectivity index (χ3v) is 2.75. The lowest BCUT2D eigenvalue weighted by atomic mass is 9.81. The topological polar surface area (TPSA) is 0 Å². The van der Waals surface area contributed by atoms with Crippen molar-refractivity contribution in [3.05, 3.63) is 35.1 Å². The molecule has 2 rings (SSSR count). The van der Waals surface area contributed by atoms with Crippen molar-refractivity contribution >= 4 is 0 Å². The lowest BCUT2D eigenvalue weighted by Crippen LogP contribution is -2.23. The van der Waals surface area contributed by atoms with E-state index in [9.17, 15) is 8.78 Å². The first-order valence-electron chi connectivity index (χ1n) is 4.58. The molecule has 1 aromatic carbocycles. The fraction of sp³-hybridized carbons (Fsp3) is 0.455. The van der Waals surface area contributed by atoms with Gasteiger partial charge in [-0.15, -0.1) is 0 Å². The summed E-state index contributed by atoms with van der Waals surface area (Å²) in [6, 6.07) is 4.68. The second-order valence-electron chi connectivity index (χ2n) is 3.82. The van der Waals surface area contributed by atoms with Crippen molar-refractivity contribution < 1.29 is 8.78 Å². The highest BCUT2D eigenvalue weighted by Gasteiger charge is 2.32. The zero-order chi connectivity index (χ0) is 9.47. The second-order valence-corrected chi connectivity index (χ2v) is 3.82. The maximum Gasteiger partial charge on any atom is 0.133 e. The Morgan fingerprint density at radius 1 is 1.38 bits per heavy atom. The third-order valence-electron chi connectivity index (χ3n) is 2.75. The molecule has 0 radical (unpaired) electrons. The van der Waals surface area contributed by atoms with Crippen LogP contribution in [-0.2, 0) is 12.1 Å². The van der Waals surface area contributed by atoms with E-state index in [0.717, 1.165) is 6.42 Å². The average molecular weight is 182 g/mol. The molecule has 70 valence electrons. The molecule has 0 N–H and O–H groups in total. The van der Waals surface area contributed by atoms with Crippen LogP contribution in [0, 0.1) is 5.82 Å². The monoisotopic (exact) mass is 182 g/mol. The van der Waals surface area contributed by atoms with Crippen molar-refractivity contribution in [2.24, 2.45) is 0 Å². The van der Waals surface area contributed by atoms with Crippen molar-refractivity contribution in [3.8, 4) is 0 Å². The molecule has 1 aliphatic rings. The molecule has 0 aromatic heterocycles. The Balaban J connectivity index is 2.58. The number of halogens is 2. The molecule has 0 saturated carbocycles. The van der Waals surface area contributed by atoms with Crippen LogP contribution in [0.15, 0.2) is 18.2 Å². The highest BCUT2D eigenvalue weighted by Crippen LogP contribution is 2.38. The lowest BCUT2D eigenvalue weighted by Gasteiger charge is -2.28. The molecule has 13 heavy (non-hydrogen) atoms. The summed E-state index contributed by atoms with van der Waals surface area (Å²) in [6.45, 7) is 1.53. The largest absolute Gasteiger partial charge is 0.239 e. The molecule has 1 aromatic rings. The van der Waals surface area contributed by atoms with Crippen LogP contribution in [0.3, 0.4) is 0 Å². The smallest absolute Gasteiger partial charge is 0.133 e. The summed E-state index contributed by atoms with van der Waals surface area (Å²) in [7, 11) is 0. The third kappa shape index (κ3) is 1.34. The number of hydrogen-bond donors (Lipinski definition) is 0.